The van der Waals surface area contributed by atoms with Crippen molar-refractivity contribution >= 4 is 56.0 Å². The molecule has 5 nitrogen and oxygen atoms in total. The molecule has 3 rings (SSSR count). The van der Waals surface area contributed by atoms with Crippen LogP contribution in [-0.4, -0.2) is 13.5 Å². The summed E-state index contributed by atoms with van der Waals surface area (Å²) in [6.45, 7) is 1.89. The highest BCUT2D eigenvalue weighted by Crippen LogP contribution is 2.21. The third-order valence-corrected chi connectivity index (χ3v) is 5.79. The first-order valence-corrected chi connectivity index (χ1v) is 10.7. The Morgan fingerprint density at radius 3 is 2.07 bits per heavy atom. The summed E-state index contributed by atoms with van der Waals surface area (Å²) >= 11 is 11.0. The molecule has 0 unspecified atom stereocenters. The molecule has 0 saturated heterocycles. The van der Waals surface area contributed by atoms with Crippen LogP contribution in [0.2, 0.25) is 5.02 Å². The maximum Gasteiger partial charge on any atom is 0.261 e. The molecule has 3 aromatic carbocycles. The summed E-state index contributed by atoms with van der Waals surface area (Å²) in [4.78, 5) is 0.189. The Morgan fingerprint density at radius 1 is 0.897 bits per heavy atom. The second kappa shape index (κ2) is 8.77. The Hall–Kier alpha value is -2.68. The lowest BCUT2D eigenvalue weighted by atomic mass is 10.2. The Kier molecular flexibility index (Phi) is 6.36. The standard InChI is InChI=1S/C20H17ClFN3O2S2/c1-13-2-9-17(10-3-13)29(26,27)25-15-6-4-14(5-7-15)23-20(28)24-16-8-11-19(22)18(21)12-16/h2-12,25H,1H3,(H2,23,24,28). The van der Waals surface area contributed by atoms with Crippen molar-refractivity contribution < 1.29 is 12.8 Å². The number of thiocarbonyl (C=S) groups is 1. The lowest BCUT2D eigenvalue weighted by Crippen LogP contribution is -2.19. The van der Waals surface area contributed by atoms with Gasteiger partial charge in [0.25, 0.3) is 10.0 Å². The normalized spacial score (nSPS) is 11.0. The van der Waals surface area contributed by atoms with E-state index in [1.54, 1.807) is 48.5 Å². The van der Waals surface area contributed by atoms with Crippen LogP contribution in [0.25, 0.3) is 0 Å². The highest BCUT2D eigenvalue weighted by molar-refractivity contribution is 7.92. The molecule has 0 aromatic heterocycles. The van der Waals surface area contributed by atoms with Gasteiger partial charge in [-0.15, -0.1) is 0 Å². The van der Waals surface area contributed by atoms with Crippen LogP contribution in [0.5, 0.6) is 0 Å². The van der Waals surface area contributed by atoms with Gasteiger partial charge in [0.15, 0.2) is 5.11 Å². The van der Waals surface area contributed by atoms with Crippen molar-refractivity contribution in [3.05, 3.63) is 83.1 Å². The van der Waals surface area contributed by atoms with Gasteiger partial charge in [-0.1, -0.05) is 29.3 Å². The fourth-order valence-electron chi connectivity index (χ4n) is 2.42. The Labute approximate surface area is 179 Å². The second-order valence-corrected chi connectivity index (χ2v) is 8.70. The predicted molar refractivity (Wildman–Crippen MR) is 120 cm³/mol. The molecule has 3 N–H and O–H groups in total. The first-order valence-electron chi connectivity index (χ1n) is 8.45. The molecule has 9 heteroatoms. The lowest BCUT2D eigenvalue weighted by Gasteiger charge is -2.12. The monoisotopic (exact) mass is 449 g/mol. The van der Waals surface area contributed by atoms with Gasteiger partial charge >= 0.3 is 0 Å². The van der Waals surface area contributed by atoms with Crippen molar-refractivity contribution in [2.45, 2.75) is 11.8 Å². The number of aryl methyl sites for hydroxylation is 1. The molecule has 0 aliphatic carbocycles. The van der Waals surface area contributed by atoms with Crippen LogP contribution in [0, 0.1) is 12.7 Å². The summed E-state index contributed by atoms with van der Waals surface area (Å²) in [6.07, 6.45) is 0. The largest absolute Gasteiger partial charge is 0.332 e. The van der Waals surface area contributed by atoms with Crippen LogP contribution in [0.3, 0.4) is 0 Å². The van der Waals surface area contributed by atoms with Crippen molar-refractivity contribution in [1.82, 2.24) is 0 Å². The van der Waals surface area contributed by atoms with E-state index in [1.807, 2.05) is 6.92 Å². The SMILES string of the molecule is Cc1ccc(S(=O)(=O)Nc2ccc(NC(=S)Nc3ccc(F)c(Cl)c3)cc2)cc1. The highest BCUT2D eigenvalue weighted by Gasteiger charge is 2.13. The lowest BCUT2D eigenvalue weighted by molar-refractivity contribution is 0.601. The number of benzene rings is 3. The van der Waals surface area contributed by atoms with E-state index in [4.69, 9.17) is 23.8 Å². The van der Waals surface area contributed by atoms with E-state index in [1.165, 1.54) is 18.2 Å². The van der Waals surface area contributed by atoms with Gasteiger partial charge in [-0.3, -0.25) is 4.72 Å². The maximum atomic E-state index is 13.2. The van der Waals surface area contributed by atoms with Crippen LogP contribution in [0.4, 0.5) is 21.5 Å². The molecule has 0 saturated carbocycles. The first kappa shape index (κ1) is 21.0. The number of nitrogens with one attached hydrogen (secondary N) is 3. The van der Waals surface area contributed by atoms with Gasteiger partial charge in [0, 0.05) is 17.1 Å². The molecule has 0 fully saturated rings. The predicted octanol–water partition coefficient (Wildman–Crippen LogP) is 5.40. The van der Waals surface area contributed by atoms with Crippen molar-refractivity contribution in [3.63, 3.8) is 0 Å². The minimum Gasteiger partial charge on any atom is -0.332 e. The molecule has 0 amide bonds. The van der Waals surface area contributed by atoms with Crippen LogP contribution < -0.4 is 15.4 Å². The van der Waals surface area contributed by atoms with Crippen molar-refractivity contribution in [3.8, 4) is 0 Å². The quantitative estimate of drug-likeness (QED) is 0.455. The van der Waals surface area contributed by atoms with Crippen LogP contribution >= 0.6 is 23.8 Å². The van der Waals surface area contributed by atoms with Gasteiger partial charge in [-0.2, -0.15) is 0 Å². The maximum absolute atomic E-state index is 13.2. The van der Waals surface area contributed by atoms with E-state index in [0.717, 1.165) is 5.56 Å². The van der Waals surface area contributed by atoms with Gasteiger partial charge < -0.3 is 10.6 Å². The summed E-state index contributed by atoms with van der Waals surface area (Å²) in [6, 6.07) is 17.4. The summed E-state index contributed by atoms with van der Waals surface area (Å²) < 4.78 is 40.6. The molecule has 0 spiro atoms. The van der Waals surface area contributed by atoms with E-state index < -0.39 is 15.8 Å². The molecule has 0 aliphatic rings. The van der Waals surface area contributed by atoms with Gasteiger partial charge in [0.2, 0.25) is 0 Å². The molecule has 3 aromatic rings. The summed E-state index contributed by atoms with van der Waals surface area (Å²) in [5, 5.41) is 6.12. The van der Waals surface area contributed by atoms with E-state index in [9.17, 15) is 12.8 Å². The second-order valence-electron chi connectivity index (χ2n) is 6.20. The minimum absolute atomic E-state index is 0.0111. The molecule has 0 atom stereocenters. The number of sulfonamides is 1. The van der Waals surface area contributed by atoms with Crippen LogP contribution in [-0.2, 0) is 10.0 Å². The Balaban J connectivity index is 1.63. The molecule has 150 valence electrons. The Bertz CT molecular complexity index is 1140. The van der Waals surface area contributed by atoms with Crippen molar-refractivity contribution in [2.24, 2.45) is 0 Å². The van der Waals surface area contributed by atoms with E-state index >= 15 is 0 Å². The summed E-state index contributed by atoms with van der Waals surface area (Å²) in [7, 11) is -3.67. The third kappa shape index (κ3) is 5.66. The topological polar surface area (TPSA) is 70.2 Å². The van der Waals surface area contributed by atoms with Gasteiger partial charge in [-0.05, 0) is 73.7 Å². The van der Waals surface area contributed by atoms with Crippen molar-refractivity contribution in [1.29, 1.82) is 0 Å². The highest BCUT2D eigenvalue weighted by atomic mass is 35.5. The number of anilines is 3. The van der Waals surface area contributed by atoms with E-state index in [2.05, 4.69) is 15.4 Å². The van der Waals surface area contributed by atoms with Crippen LogP contribution in [0.15, 0.2) is 71.6 Å². The smallest absolute Gasteiger partial charge is 0.261 e. The number of hydrogen-bond acceptors (Lipinski definition) is 3. The van der Waals surface area contributed by atoms with Gasteiger partial charge in [0.05, 0.1) is 9.92 Å². The van der Waals surface area contributed by atoms with E-state index in [-0.39, 0.29) is 15.0 Å². The third-order valence-electron chi connectivity index (χ3n) is 3.90. The average molecular weight is 450 g/mol. The van der Waals surface area contributed by atoms with Crippen LogP contribution in [0.1, 0.15) is 5.56 Å². The Morgan fingerprint density at radius 2 is 1.45 bits per heavy atom. The molecule has 29 heavy (non-hydrogen) atoms. The van der Waals surface area contributed by atoms with E-state index in [0.29, 0.717) is 17.1 Å². The van der Waals surface area contributed by atoms with Gasteiger partial charge in [-0.25, -0.2) is 12.8 Å². The molecule has 0 radical (unpaired) electrons. The fraction of sp³-hybridized carbons (Fsp3) is 0.0500. The number of halogens is 2. The fourth-order valence-corrected chi connectivity index (χ4v) is 3.90. The molecular formula is C20H17ClFN3O2S2. The minimum atomic E-state index is -3.67. The average Bonchev–Trinajstić information content (AvgIpc) is 2.66. The first-order chi connectivity index (χ1) is 13.7. The zero-order valence-electron chi connectivity index (χ0n) is 15.2. The zero-order valence-corrected chi connectivity index (χ0v) is 17.6. The van der Waals surface area contributed by atoms with Gasteiger partial charge in [0.1, 0.15) is 5.82 Å². The summed E-state index contributed by atoms with van der Waals surface area (Å²) in [5.74, 6) is -0.514. The molecule has 0 bridgehead atoms. The molecule has 0 heterocycles. The number of hydrogen-bond donors (Lipinski definition) is 3. The zero-order chi connectivity index (χ0) is 21.0. The number of rotatable bonds is 5. The summed E-state index contributed by atoms with van der Waals surface area (Å²) in [5.41, 5.74) is 2.58. The molecule has 0 aliphatic heterocycles. The molecular weight excluding hydrogens is 433 g/mol. The van der Waals surface area contributed by atoms with Crippen molar-refractivity contribution in [2.75, 3.05) is 15.4 Å².